The molecule has 3 N–H and O–H groups in total. The molecule has 5 aliphatic carbocycles. The highest BCUT2D eigenvalue weighted by molar-refractivity contribution is 5.66. The second kappa shape index (κ2) is 11.9. The van der Waals surface area contributed by atoms with Crippen molar-refractivity contribution in [2.24, 2.45) is 70.0 Å². The maximum atomic E-state index is 12.2. The first-order valence-corrected chi connectivity index (χ1v) is 19.6. The first kappa shape index (κ1) is 34.3. The van der Waals surface area contributed by atoms with Gasteiger partial charge in [0.25, 0.3) is 0 Å². The molecule has 19 atom stereocenters. The summed E-state index contributed by atoms with van der Waals surface area (Å²) in [5.74, 6) is 1.15. The Morgan fingerprint density at radius 3 is 2.44 bits per heavy atom. The van der Waals surface area contributed by atoms with Crippen LogP contribution in [-0.4, -0.2) is 63.6 Å². The van der Waals surface area contributed by atoms with Gasteiger partial charge in [-0.1, -0.05) is 34.6 Å². The van der Waals surface area contributed by atoms with Crippen LogP contribution >= 0.6 is 0 Å². The molecule has 9 nitrogen and oxygen atoms in total. The van der Waals surface area contributed by atoms with Crippen LogP contribution in [-0.2, 0) is 28.8 Å². The van der Waals surface area contributed by atoms with Crippen LogP contribution in [0.3, 0.4) is 0 Å². The molecule has 0 aromatic rings. The molecule has 9 rings (SSSR count). The summed E-state index contributed by atoms with van der Waals surface area (Å²) in [5, 5.41) is 32.5. The van der Waals surface area contributed by atoms with Gasteiger partial charge in [-0.05, 0) is 136 Å². The van der Waals surface area contributed by atoms with Gasteiger partial charge < -0.3 is 29.5 Å². The standard InChI is InChI=1S/C39H62O9/c1-20(8-12-32(42)43)25-10-11-28-33-29(19-31(41)38(25,28)6)36(4)15-13-24(40)17-23(36)18-30(33)44-34-22(3)27-9-7-21(2)26-14-16-37(5)46-35(45-34)39(26,27)48-47-37/h20-31,33-35,40-41H,7-19H2,1-6H3,(H,42,43)/t20-,21-,22-,23?,24-,25-,26?,27?,28?,29?,30?,31+,33?,34?,35?,36+,37+,38-,39-/m1/s1. The van der Waals surface area contributed by atoms with E-state index in [2.05, 4.69) is 34.6 Å². The van der Waals surface area contributed by atoms with Gasteiger partial charge in [-0.15, -0.1) is 0 Å². The van der Waals surface area contributed by atoms with E-state index in [1.165, 1.54) is 0 Å². The predicted octanol–water partition coefficient (Wildman–Crippen LogP) is 6.68. The lowest BCUT2D eigenvalue weighted by Crippen LogP contribution is -2.71. The summed E-state index contributed by atoms with van der Waals surface area (Å²) in [5.41, 5.74) is -0.887. The zero-order valence-corrected chi connectivity index (χ0v) is 30.1. The van der Waals surface area contributed by atoms with Crippen LogP contribution < -0.4 is 0 Å². The summed E-state index contributed by atoms with van der Waals surface area (Å²) in [7, 11) is 0. The van der Waals surface area contributed by atoms with Crippen molar-refractivity contribution < 1.29 is 44.1 Å². The van der Waals surface area contributed by atoms with Crippen molar-refractivity contribution in [1.29, 1.82) is 0 Å². The Morgan fingerprint density at radius 1 is 0.896 bits per heavy atom. The van der Waals surface area contributed by atoms with E-state index < -0.39 is 36.0 Å². The van der Waals surface area contributed by atoms with Crippen LogP contribution in [0, 0.1) is 70.0 Å². The number of aliphatic carboxylic acids is 1. The number of carboxylic acids is 1. The maximum absolute atomic E-state index is 12.2. The van der Waals surface area contributed by atoms with Crippen LogP contribution in [0.2, 0.25) is 0 Å². The van der Waals surface area contributed by atoms with E-state index in [1.54, 1.807) is 0 Å². The molecule has 4 heterocycles. The first-order chi connectivity index (χ1) is 22.7. The van der Waals surface area contributed by atoms with Crippen molar-refractivity contribution in [1.82, 2.24) is 0 Å². The second-order valence-electron chi connectivity index (χ2n) is 18.8. The summed E-state index contributed by atoms with van der Waals surface area (Å²) in [6, 6.07) is 0. The Bertz CT molecular complexity index is 1250. The van der Waals surface area contributed by atoms with E-state index in [1.807, 2.05) is 6.92 Å². The minimum absolute atomic E-state index is 0.0399. The number of carboxylic acid groups (broad SMARTS) is 1. The Labute approximate surface area is 287 Å². The van der Waals surface area contributed by atoms with Crippen LogP contribution in [0.25, 0.3) is 0 Å². The molecule has 9 aliphatic rings. The Kier molecular flexibility index (Phi) is 8.47. The molecule has 0 amide bonds. The van der Waals surface area contributed by atoms with Gasteiger partial charge in [-0.2, -0.15) is 0 Å². The summed E-state index contributed by atoms with van der Waals surface area (Å²) in [4.78, 5) is 24.0. The predicted molar refractivity (Wildman–Crippen MR) is 176 cm³/mol. The molecule has 4 aliphatic heterocycles. The molecule has 1 spiro atoms. The number of hydrogen-bond donors (Lipinski definition) is 3. The molecular weight excluding hydrogens is 612 g/mol. The van der Waals surface area contributed by atoms with Gasteiger partial charge in [0, 0.05) is 24.7 Å². The van der Waals surface area contributed by atoms with E-state index in [0.717, 1.165) is 70.6 Å². The van der Waals surface area contributed by atoms with Crippen LogP contribution in [0.5, 0.6) is 0 Å². The highest BCUT2D eigenvalue weighted by atomic mass is 17.3. The van der Waals surface area contributed by atoms with Crippen molar-refractivity contribution in [3.8, 4) is 0 Å². The average Bonchev–Trinajstić information content (AvgIpc) is 3.24. The zero-order chi connectivity index (χ0) is 34.0. The van der Waals surface area contributed by atoms with Gasteiger partial charge in [0.2, 0.25) is 5.79 Å². The van der Waals surface area contributed by atoms with Gasteiger partial charge in [0.1, 0.15) is 0 Å². The maximum Gasteiger partial charge on any atom is 0.303 e. The lowest BCUT2D eigenvalue weighted by Gasteiger charge is -2.65. The lowest BCUT2D eigenvalue weighted by molar-refractivity contribution is -0.578. The van der Waals surface area contributed by atoms with E-state index in [0.29, 0.717) is 30.1 Å². The van der Waals surface area contributed by atoms with Gasteiger partial charge in [-0.25, -0.2) is 9.78 Å². The molecule has 48 heavy (non-hydrogen) atoms. The smallest absolute Gasteiger partial charge is 0.303 e. The molecule has 9 fully saturated rings. The number of hydrogen-bond acceptors (Lipinski definition) is 8. The number of aliphatic hydroxyl groups excluding tert-OH is 2. The summed E-state index contributed by atoms with van der Waals surface area (Å²) < 4.78 is 21.1. The monoisotopic (exact) mass is 674 g/mol. The van der Waals surface area contributed by atoms with Gasteiger partial charge in [0.05, 0.1) is 18.3 Å². The van der Waals surface area contributed by atoms with E-state index in [4.69, 9.17) is 24.0 Å². The van der Waals surface area contributed by atoms with Crippen molar-refractivity contribution in [3.63, 3.8) is 0 Å². The Morgan fingerprint density at radius 2 is 1.67 bits per heavy atom. The van der Waals surface area contributed by atoms with E-state index in [9.17, 15) is 20.1 Å². The molecule has 2 bridgehead atoms. The fraction of sp³-hybridized carbons (Fsp3) is 0.974. The molecular formula is C39H62O9. The first-order valence-electron chi connectivity index (χ1n) is 19.6. The van der Waals surface area contributed by atoms with Crippen LogP contribution in [0.1, 0.15) is 125 Å². The average molecular weight is 675 g/mol. The molecule has 9 heteroatoms. The Hall–Kier alpha value is -0.810. The van der Waals surface area contributed by atoms with E-state index >= 15 is 0 Å². The molecule has 0 radical (unpaired) electrons. The van der Waals surface area contributed by atoms with Crippen molar-refractivity contribution in [2.45, 2.75) is 167 Å². The molecule has 0 aromatic carbocycles. The quantitative estimate of drug-likeness (QED) is 0.209. The van der Waals surface area contributed by atoms with E-state index in [-0.39, 0.29) is 65.0 Å². The Balaban J connectivity index is 1.12. The highest BCUT2D eigenvalue weighted by Gasteiger charge is 2.71. The van der Waals surface area contributed by atoms with Gasteiger partial charge >= 0.3 is 5.97 Å². The third kappa shape index (κ3) is 4.90. The SMILES string of the molecule is C[C@H]1C(OC2CC3C[C@H](O)CC[C@]3(C)C3C[C@H](O)[C@@]4(C)C(CC[C@@H]4[C@H](C)CCC(=O)O)C23)OC2O[C@]3(C)CCC4[C@H](C)CCC1[C@@]24OO3. The number of aliphatic hydroxyl groups is 2. The molecule has 0 aromatic heterocycles. The van der Waals surface area contributed by atoms with Crippen molar-refractivity contribution in [3.05, 3.63) is 0 Å². The third-order valence-electron chi connectivity index (χ3n) is 16.7. The molecule has 5 saturated carbocycles. The third-order valence-corrected chi connectivity index (χ3v) is 16.7. The van der Waals surface area contributed by atoms with Crippen LogP contribution in [0.15, 0.2) is 0 Å². The van der Waals surface area contributed by atoms with Crippen LogP contribution in [0.4, 0.5) is 0 Å². The summed E-state index contributed by atoms with van der Waals surface area (Å²) in [6.45, 7) is 13.5. The van der Waals surface area contributed by atoms with Crippen molar-refractivity contribution in [2.75, 3.05) is 0 Å². The van der Waals surface area contributed by atoms with Gasteiger partial charge in [0.15, 0.2) is 18.2 Å². The normalized spacial score (nSPS) is 57.8. The summed E-state index contributed by atoms with van der Waals surface area (Å²) in [6.07, 6.45) is 9.23. The number of carbonyl (C=O) groups is 1. The number of ether oxygens (including phenoxy) is 3. The topological polar surface area (TPSA) is 124 Å². The fourth-order valence-electron chi connectivity index (χ4n) is 14.0. The number of rotatable bonds is 6. The zero-order valence-electron chi connectivity index (χ0n) is 30.1. The molecule has 9 unspecified atom stereocenters. The lowest BCUT2D eigenvalue weighted by atomic mass is 9.43. The minimum Gasteiger partial charge on any atom is -0.481 e. The second-order valence-corrected chi connectivity index (χ2v) is 18.8. The minimum atomic E-state index is -0.837. The molecule has 4 saturated heterocycles. The highest BCUT2D eigenvalue weighted by Crippen LogP contribution is 2.69. The fourth-order valence-corrected chi connectivity index (χ4v) is 14.0. The number of fused-ring (bicyclic) bond motifs is 7. The van der Waals surface area contributed by atoms with Gasteiger partial charge in [-0.3, -0.25) is 4.79 Å². The van der Waals surface area contributed by atoms with Crippen molar-refractivity contribution >= 4 is 5.97 Å². The molecule has 272 valence electrons. The largest absolute Gasteiger partial charge is 0.481 e. The summed E-state index contributed by atoms with van der Waals surface area (Å²) >= 11 is 0.